The van der Waals surface area contributed by atoms with Gasteiger partial charge in [-0.05, 0) is 37.1 Å². The number of amides is 2. The Hall–Kier alpha value is -3.07. The van der Waals surface area contributed by atoms with Crippen LogP contribution in [0, 0.1) is 16.0 Å². The molecular formula is C21H23ClN4O5. The van der Waals surface area contributed by atoms with E-state index >= 15 is 0 Å². The molecule has 0 saturated carbocycles. The third-order valence-corrected chi connectivity index (χ3v) is 6.09. The van der Waals surface area contributed by atoms with Crippen LogP contribution in [0.4, 0.5) is 11.4 Å². The Morgan fingerprint density at radius 1 is 1.10 bits per heavy atom. The van der Waals surface area contributed by atoms with Gasteiger partial charge in [-0.25, -0.2) is 0 Å². The first-order chi connectivity index (χ1) is 14.9. The molecule has 0 unspecified atom stereocenters. The van der Waals surface area contributed by atoms with Gasteiger partial charge in [0.05, 0.1) is 17.1 Å². The molecule has 1 aromatic carbocycles. The summed E-state index contributed by atoms with van der Waals surface area (Å²) >= 11 is 5.91. The second kappa shape index (κ2) is 8.97. The van der Waals surface area contributed by atoms with E-state index in [-0.39, 0.29) is 29.2 Å². The van der Waals surface area contributed by atoms with E-state index in [1.807, 2.05) is 4.90 Å². The summed E-state index contributed by atoms with van der Waals surface area (Å²) in [6, 6.07) is 7.93. The van der Waals surface area contributed by atoms with Crippen LogP contribution in [0.3, 0.4) is 0 Å². The molecule has 31 heavy (non-hydrogen) atoms. The quantitative estimate of drug-likeness (QED) is 0.528. The number of likely N-dealkylation sites (tertiary alicyclic amines) is 1. The number of nitro groups is 1. The highest BCUT2D eigenvalue weighted by atomic mass is 35.5. The van der Waals surface area contributed by atoms with E-state index in [4.69, 9.17) is 16.0 Å². The molecule has 2 aliphatic rings. The lowest BCUT2D eigenvalue weighted by atomic mass is 9.96. The molecule has 1 atom stereocenters. The fourth-order valence-corrected chi connectivity index (χ4v) is 4.42. The van der Waals surface area contributed by atoms with E-state index in [1.165, 1.54) is 12.3 Å². The average molecular weight is 447 g/mol. The van der Waals surface area contributed by atoms with Crippen molar-refractivity contribution in [1.29, 1.82) is 0 Å². The van der Waals surface area contributed by atoms with Crippen molar-refractivity contribution in [3.05, 3.63) is 57.5 Å². The number of benzene rings is 1. The van der Waals surface area contributed by atoms with Gasteiger partial charge in [-0.15, -0.1) is 0 Å². The van der Waals surface area contributed by atoms with E-state index in [0.717, 1.165) is 12.8 Å². The van der Waals surface area contributed by atoms with Crippen LogP contribution in [0.5, 0.6) is 0 Å². The number of furan rings is 1. The van der Waals surface area contributed by atoms with Crippen LogP contribution in [-0.4, -0.2) is 65.8 Å². The van der Waals surface area contributed by atoms with E-state index in [0.29, 0.717) is 50.0 Å². The molecule has 2 fully saturated rings. The fourth-order valence-electron chi connectivity index (χ4n) is 4.26. The third kappa shape index (κ3) is 4.51. The maximum absolute atomic E-state index is 13.1. The fraction of sp³-hybridized carbons (Fsp3) is 0.429. The molecule has 2 amide bonds. The molecule has 4 rings (SSSR count). The Morgan fingerprint density at radius 3 is 2.55 bits per heavy atom. The first-order valence-electron chi connectivity index (χ1n) is 10.2. The number of nitrogens with zero attached hydrogens (tertiary/aromatic N) is 4. The van der Waals surface area contributed by atoms with Crippen molar-refractivity contribution >= 4 is 34.8 Å². The number of piperazine rings is 1. The molecule has 0 N–H and O–H groups in total. The summed E-state index contributed by atoms with van der Waals surface area (Å²) in [7, 11) is 0. The Bertz CT molecular complexity index is 972. The van der Waals surface area contributed by atoms with Crippen molar-refractivity contribution < 1.29 is 18.9 Å². The Balaban J connectivity index is 1.37. The van der Waals surface area contributed by atoms with E-state index < -0.39 is 4.92 Å². The van der Waals surface area contributed by atoms with Gasteiger partial charge in [-0.2, -0.15) is 0 Å². The molecule has 2 aromatic rings. The van der Waals surface area contributed by atoms with Crippen molar-refractivity contribution in [1.82, 2.24) is 9.80 Å². The van der Waals surface area contributed by atoms with Crippen LogP contribution in [0.15, 0.2) is 41.0 Å². The van der Waals surface area contributed by atoms with Crippen LogP contribution in [-0.2, 0) is 4.79 Å². The number of hydrogen-bond acceptors (Lipinski definition) is 6. The van der Waals surface area contributed by atoms with Crippen LogP contribution in [0.1, 0.15) is 23.4 Å². The molecule has 2 aliphatic heterocycles. The van der Waals surface area contributed by atoms with Crippen molar-refractivity contribution in [2.75, 3.05) is 44.2 Å². The SMILES string of the molecule is O=C(c1ccco1)N1CCC[C@H](C(=O)N2CCN(c3ccc(Cl)cc3[N+](=O)[O-])CC2)C1. The van der Waals surface area contributed by atoms with E-state index in [1.54, 1.807) is 34.1 Å². The van der Waals surface area contributed by atoms with Crippen LogP contribution >= 0.6 is 11.6 Å². The van der Waals surface area contributed by atoms with Gasteiger partial charge in [0.2, 0.25) is 5.91 Å². The molecule has 0 bridgehead atoms. The number of anilines is 1. The van der Waals surface area contributed by atoms with E-state index in [2.05, 4.69) is 0 Å². The summed E-state index contributed by atoms with van der Waals surface area (Å²) < 4.78 is 5.20. The van der Waals surface area contributed by atoms with Crippen molar-refractivity contribution in [3.8, 4) is 0 Å². The maximum atomic E-state index is 13.1. The summed E-state index contributed by atoms with van der Waals surface area (Å²) in [5.74, 6) is -0.125. The van der Waals surface area contributed by atoms with Gasteiger partial charge in [-0.3, -0.25) is 19.7 Å². The lowest BCUT2D eigenvalue weighted by molar-refractivity contribution is -0.384. The molecule has 9 nitrogen and oxygen atoms in total. The zero-order valence-corrected chi connectivity index (χ0v) is 17.7. The molecule has 0 radical (unpaired) electrons. The molecule has 1 aromatic heterocycles. The summed E-state index contributed by atoms with van der Waals surface area (Å²) in [4.78, 5) is 42.0. The zero-order valence-electron chi connectivity index (χ0n) is 16.9. The minimum absolute atomic E-state index is 0.0298. The van der Waals surface area contributed by atoms with Gasteiger partial charge in [0.1, 0.15) is 5.69 Å². The second-order valence-corrected chi connectivity index (χ2v) is 8.21. The Labute approximate surface area is 184 Å². The number of piperidine rings is 1. The highest BCUT2D eigenvalue weighted by Crippen LogP contribution is 2.32. The number of rotatable bonds is 4. The first kappa shape index (κ1) is 21.2. The Kier molecular flexibility index (Phi) is 6.13. The van der Waals surface area contributed by atoms with Gasteiger partial charge in [0, 0.05) is 50.4 Å². The normalized spacial score (nSPS) is 19.4. The smallest absolute Gasteiger partial charge is 0.294 e. The van der Waals surface area contributed by atoms with Crippen molar-refractivity contribution in [2.45, 2.75) is 12.8 Å². The molecule has 0 spiro atoms. The van der Waals surface area contributed by atoms with Crippen LogP contribution < -0.4 is 4.90 Å². The third-order valence-electron chi connectivity index (χ3n) is 5.86. The minimum Gasteiger partial charge on any atom is -0.459 e. The summed E-state index contributed by atoms with van der Waals surface area (Å²) in [5, 5.41) is 11.7. The number of halogens is 1. The first-order valence-corrected chi connectivity index (χ1v) is 10.6. The topological polar surface area (TPSA) is 100 Å². The number of carbonyl (C=O) groups excluding carboxylic acids is 2. The highest BCUT2D eigenvalue weighted by Gasteiger charge is 2.34. The number of hydrogen-bond donors (Lipinski definition) is 0. The largest absolute Gasteiger partial charge is 0.459 e. The van der Waals surface area contributed by atoms with Gasteiger partial charge in [0.15, 0.2) is 5.76 Å². The summed E-state index contributed by atoms with van der Waals surface area (Å²) in [6.45, 7) is 2.92. The lowest BCUT2D eigenvalue weighted by Gasteiger charge is -2.39. The standard InChI is InChI=1S/C21H23ClN4O5/c22-16-5-6-17(18(13-16)26(29)30)23-8-10-24(11-9-23)20(27)15-3-1-7-25(14-15)21(28)19-4-2-12-31-19/h2,4-6,12-13,15H,1,3,7-11,14H2/t15-/m0/s1. The van der Waals surface area contributed by atoms with Crippen molar-refractivity contribution in [3.63, 3.8) is 0 Å². The zero-order chi connectivity index (χ0) is 22.0. The minimum atomic E-state index is -0.439. The number of carbonyl (C=O) groups is 2. The lowest BCUT2D eigenvalue weighted by Crippen LogP contribution is -2.53. The predicted octanol–water partition coefficient (Wildman–Crippen LogP) is 3.04. The van der Waals surface area contributed by atoms with Gasteiger partial charge in [0.25, 0.3) is 11.6 Å². The summed E-state index contributed by atoms with van der Waals surface area (Å²) in [5.41, 5.74) is 0.473. The van der Waals surface area contributed by atoms with Crippen LogP contribution in [0.2, 0.25) is 5.02 Å². The Morgan fingerprint density at radius 2 is 1.87 bits per heavy atom. The molecular weight excluding hydrogens is 424 g/mol. The molecule has 3 heterocycles. The van der Waals surface area contributed by atoms with Crippen LogP contribution in [0.25, 0.3) is 0 Å². The van der Waals surface area contributed by atoms with Gasteiger partial charge in [-0.1, -0.05) is 11.6 Å². The predicted molar refractivity (Wildman–Crippen MR) is 114 cm³/mol. The molecule has 164 valence electrons. The van der Waals surface area contributed by atoms with Gasteiger partial charge >= 0.3 is 0 Å². The van der Waals surface area contributed by atoms with Gasteiger partial charge < -0.3 is 19.1 Å². The number of nitro benzene ring substituents is 1. The second-order valence-electron chi connectivity index (χ2n) is 7.77. The molecule has 2 saturated heterocycles. The monoisotopic (exact) mass is 446 g/mol. The summed E-state index contributed by atoms with van der Waals surface area (Å²) in [6.07, 6.45) is 2.97. The molecule has 0 aliphatic carbocycles. The van der Waals surface area contributed by atoms with Crippen molar-refractivity contribution in [2.24, 2.45) is 5.92 Å². The molecule has 10 heteroatoms. The van der Waals surface area contributed by atoms with E-state index in [9.17, 15) is 19.7 Å². The highest BCUT2D eigenvalue weighted by molar-refractivity contribution is 6.30. The maximum Gasteiger partial charge on any atom is 0.294 e. The average Bonchev–Trinajstić information content (AvgIpc) is 3.33.